The van der Waals surface area contributed by atoms with E-state index in [2.05, 4.69) is 10.6 Å². The van der Waals surface area contributed by atoms with Crippen molar-refractivity contribution in [2.24, 2.45) is 0 Å². The molecule has 1 aliphatic carbocycles. The van der Waals surface area contributed by atoms with Gasteiger partial charge in [0, 0.05) is 13.1 Å². The summed E-state index contributed by atoms with van der Waals surface area (Å²) >= 11 is 0. The number of amides is 4. The van der Waals surface area contributed by atoms with Gasteiger partial charge in [0.2, 0.25) is 15.9 Å². The number of hydrogen-bond donors (Lipinski definition) is 2. The van der Waals surface area contributed by atoms with E-state index >= 15 is 0 Å². The van der Waals surface area contributed by atoms with E-state index in [4.69, 9.17) is 0 Å². The summed E-state index contributed by atoms with van der Waals surface area (Å²) in [6.07, 6.45) is 2.94. The zero-order valence-corrected chi connectivity index (χ0v) is 19.9. The fraction of sp³-hybridized carbons (Fsp3) is 0.591. The zero-order chi connectivity index (χ0) is 23.7. The molecule has 1 heterocycles. The van der Waals surface area contributed by atoms with Crippen LogP contribution in [-0.4, -0.2) is 60.1 Å². The van der Waals surface area contributed by atoms with E-state index in [-0.39, 0.29) is 10.8 Å². The lowest BCUT2D eigenvalue weighted by Crippen LogP contribution is -2.50. The summed E-state index contributed by atoms with van der Waals surface area (Å²) in [7, 11) is -3.56. The van der Waals surface area contributed by atoms with Gasteiger partial charge >= 0.3 is 6.03 Å². The minimum Gasteiger partial charge on any atom is -0.348 e. The number of imide groups is 1. The highest BCUT2D eigenvalue weighted by Crippen LogP contribution is 2.35. The van der Waals surface area contributed by atoms with E-state index in [1.54, 1.807) is 32.9 Å². The van der Waals surface area contributed by atoms with E-state index in [0.29, 0.717) is 31.5 Å². The SMILES string of the molecule is CCN(CC)S(=O)(=O)c1ccc(C(C)NC(=O)C(C)N2C(=O)NC3(CCCC3)C2=O)cc1. The standard InChI is InChI=1S/C22H32N4O5S/c1-5-25(6-2)32(30,31)18-11-9-17(10-12-18)15(3)23-19(27)16(4)26-20(28)22(24-21(26)29)13-7-8-14-22/h9-12,15-16H,5-8,13-14H2,1-4H3,(H,23,27)(H,24,29). The Morgan fingerprint density at radius 1 is 1.12 bits per heavy atom. The molecule has 1 spiro atoms. The van der Waals surface area contributed by atoms with Gasteiger partial charge < -0.3 is 10.6 Å². The molecule has 2 aliphatic rings. The first-order chi connectivity index (χ1) is 15.1. The lowest BCUT2D eigenvalue weighted by Gasteiger charge is -2.25. The summed E-state index contributed by atoms with van der Waals surface area (Å²) in [6, 6.07) is 4.45. The van der Waals surface area contributed by atoms with Crippen LogP contribution in [0, 0.1) is 0 Å². The predicted molar refractivity (Wildman–Crippen MR) is 119 cm³/mol. The van der Waals surface area contributed by atoms with Crippen LogP contribution in [0.1, 0.15) is 65.0 Å². The summed E-state index contributed by atoms with van der Waals surface area (Å²) in [4.78, 5) is 39.3. The second kappa shape index (κ2) is 9.19. The van der Waals surface area contributed by atoms with Gasteiger partial charge in [-0.15, -0.1) is 0 Å². The van der Waals surface area contributed by atoms with Gasteiger partial charge in [0.25, 0.3) is 5.91 Å². The molecule has 2 unspecified atom stereocenters. The first-order valence-corrected chi connectivity index (χ1v) is 12.6. The highest BCUT2D eigenvalue weighted by Gasteiger charge is 2.54. The maximum Gasteiger partial charge on any atom is 0.325 e. The van der Waals surface area contributed by atoms with Gasteiger partial charge in [-0.3, -0.25) is 9.59 Å². The van der Waals surface area contributed by atoms with Gasteiger partial charge in [0.05, 0.1) is 10.9 Å². The molecule has 0 aromatic heterocycles. The lowest BCUT2D eigenvalue weighted by molar-refractivity contribution is -0.138. The summed E-state index contributed by atoms with van der Waals surface area (Å²) < 4.78 is 26.7. The Morgan fingerprint density at radius 3 is 2.22 bits per heavy atom. The maximum absolute atomic E-state index is 12.9. The number of rotatable bonds is 8. The number of nitrogens with zero attached hydrogens (tertiary/aromatic N) is 2. The van der Waals surface area contributed by atoms with Crippen LogP contribution in [0.3, 0.4) is 0 Å². The molecular weight excluding hydrogens is 432 g/mol. The predicted octanol–water partition coefficient (Wildman–Crippen LogP) is 2.15. The van der Waals surface area contributed by atoms with Crippen LogP contribution >= 0.6 is 0 Å². The second-order valence-corrected chi connectivity index (χ2v) is 10.4. The number of carbonyl (C=O) groups excluding carboxylic acids is 3. The summed E-state index contributed by atoms with van der Waals surface area (Å²) in [6.45, 7) is 7.64. The molecule has 1 saturated carbocycles. The van der Waals surface area contributed by atoms with Crippen molar-refractivity contribution in [2.45, 2.75) is 75.9 Å². The second-order valence-electron chi connectivity index (χ2n) is 8.46. The Labute approximate surface area is 189 Å². The van der Waals surface area contributed by atoms with E-state index in [0.717, 1.165) is 17.7 Å². The molecule has 1 aliphatic heterocycles. The van der Waals surface area contributed by atoms with Crippen molar-refractivity contribution in [3.8, 4) is 0 Å². The molecule has 176 valence electrons. The Bertz CT molecular complexity index is 982. The van der Waals surface area contributed by atoms with Crippen LogP contribution in [0.5, 0.6) is 0 Å². The van der Waals surface area contributed by atoms with Crippen LogP contribution in [-0.2, 0) is 19.6 Å². The number of nitrogens with one attached hydrogen (secondary N) is 2. The zero-order valence-electron chi connectivity index (χ0n) is 19.1. The average Bonchev–Trinajstić information content (AvgIpc) is 3.32. The van der Waals surface area contributed by atoms with Gasteiger partial charge in [-0.05, 0) is 44.4 Å². The van der Waals surface area contributed by atoms with Crippen molar-refractivity contribution in [1.82, 2.24) is 19.8 Å². The number of sulfonamides is 1. The van der Waals surface area contributed by atoms with Crippen molar-refractivity contribution in [2.75, 3.05) is 13.1 Å². The highest BCUT2D eigenvalue weighted by atomic mass is 32.2. The van der Waals surface area contributed by atoms with Crippen molar-refractivity contribution < 1.29 is 22.8 Å². The Balaban J connectivity index is 1.68. The third-order valence-corrected chi connectivity index (χ3v) is 8.56. The molecule has 0 bridgehead atoms. The third-order valence-electron chi connectivity index (χ3n) is 6.50. The molecule has 2 N–H and O–H groups in total. The van der Waals surface area contributed by atoms with Crippen LogP contribution < -0.4 is 10.6 Å². The van der Waals surface area contributed by atoms with Gasteiger partial charge in [0.15, 0.2) is 0 Å². The van der Waals surface area contributed by atoms with Crippen LogP contribution in [0.2, 0.25) is 0 Å². The van der Waals surface area contributed by atoms with Crippen molar-refractivity contribution in [1.29, 1.82) is 0 Å². The molecule has 4 amide bonds. The normalized spacial score (nSPS) is 20.0. The monoisotopic (exact) mass is 464 g/mol. The average molecular weight is 465 g/mol. The van der Waals surface area contributed by atoms with E-state index in [9.17, 15) is 22.8 Å². The molecule has 2 fully saturated rings. The van der Waals surface area contributed by atoms with E-state index in [1.165, 1.54) is 23.4 Å². The summed E-state index contributed by atoms with van der Waals surface area (Å²) in [5, 5.41) is 5.61. The smallest absolute Gasteiger partial charge is 0.325 e. The molecule has 3 rings (SSSR count). The Hall–Kier alpha value is -2.46. The highest BCUT2D eigenvalue weighted by molar-refractivity contribution is 7.89. The molecule has 10 heteroatoms. The molecule has 1 saturated heterocycles. The molecular formula is C22H32N4O5S. The van der Waals surface area contributed by atoms with Crippen molar-refractivity contribution in [3.63, 3.8) is 0 Å². The third kappa shape index (κ3) is 4.25. The fourth-order valence-corrected chi connectivity index (χ4v) is 5.94. The molecule has 1 aromatic carbocycles. The van der Waals surface area contributed by atoms with E-state index in [1.807, 2.05) is 0 Å². The lowest BCUT2D eigenvalue weighted by atomic mass is 9.97. The van der Waals surface area contributed by atoms with Gasteiger partial charge in [-0.25, -0.2) is 18.1 Å². The summed E-state index contributed by atoms with van der Waals surface area (Å²) in [5.74, 6) is -0.780. The topological polar surface area (TPSA) is 116 Å². The van der Waals surface area contributed by atoms with E-state index < -0.39 is 39.6 Å². The molecule has 9 nitrogen and oxygen atoms in total. The number of urea groups is 1. The molecule has 2 atom stereocenters. The molecule has 1 aromatic rings. The van der Waals surface area contributed by atoms with Gasteiger partial charge in [0.1, 0.15) is 11.6 Å². The number of hydrogen-bond acceptors (Lipinski definition) is 5. The maximum atomic E-state index is 12.9. The first kappa shape index (κ1) is 24.2. The Kier molecular flexibility index (Phi) is 6.94. The fourth-order valence-electron chi connectivity index (χ4n) is 4.49. The molecule has 0 radical (unpaired) electrons. The van der Waals surface area contributed by atoms with Crippen LogP contribution in [0.4, 0.5) is 4.79 Å². The first-order valence-electron chi connectivity index (χ1n) is 11.1. The minimum atomic E-state index is -3.56. The Morgan fingerprint density at radius 2 is 1.69 bits per heavy atom. The number of carbonyl (C=O) groups is 3. The largest absolute Gasteiger partial charge is 0.348 e. The van der Waals surface area contributed by atoms with Crippen molar-refractivity contribution >= 4 is 27.9 Å². The van der Waals surface area contributed by atoms with Gasteiger partial charge in [-0.2, -0.15) is 4.31 Å². The molecule has 32 heavy (non-hydrogen) atoms. The van der Waals surface area contributed by atoms with Gasteiger partial charge in [-0.1, -0.05) is 38.8 Å². The van der Waals surface area contributed by atoms with Crippen molar-refractivity contribution in [3.05, 3.63) is 29.8 Å². The number of benzene rings is 1. The van der Waals surface area contributed by atoms with Crippen LogP contribution in [0.15, 0.2) is 29.2 Å². The quantitative estimate of drug-likeness (QED) is 0.572. The van der Waals surface area contributed by atoms with Crippen LogP contribution in [0.25, 0.3) is 0 Å². The minimum absolute atomic E-state index is 0.193. The summed E-state index contributed by atoms with van der Waals surface area (Å²) in [5.41, 5.74) is -0.142.